The first-order valence-corrected chi connectivity index (χ1v) is 7.62. The Balaban J connectivity index is 2.11. The average molecular weight is 385 g/mol. The molecule has 5 nitrogen and oxygen atoms in total. The van der Waals surface area contributed by atoms with Crippen LogP contribution < -0.4 is 0 Å². The predicted octanol–water partition coefficient (Wildman–Crippen LogP) is 3.22. The van der Waals surface area contributed by atoms with E-state index in [4.69, 9.17) is 0 Å². The molecule has 2 aromatic rings. The lowest BCUT2D eigenvalue weighted by Crippen LogP contribution is -2.64. The van der Waals surface area contributed by atoms with Crippen LogP contribution in [-0.4, -0.2) is 44.5 Å². The van der Waals surface area contributed by atoms with Gasteiger partial charge in [0.2, 0.25) is 5.72 Å². The summed E-state index contributed by atoms with van der Waals surface area (Å²) in [6, 6.07) is 9.72. The van der Waals surface area contributed by atoms with Crippen molar-refractivity contribution in [2.45, 2.75) is 24.2 Å². The third kappa shape index (κ3) is 3.05. The molecule has 10 heteroatoms. The summed E-state index contributed by atoms with van der Waals surface area (Å²) < 4.78 is 67.3. The van der Waals surface area contributed by atoms with Gasteiger partial charge in [0, 0.05) is 24.4 Å². The largest absolute Gasteiger partial charge is 0.458 e. The quantitative estimate of drug-likeness (QED) is 0.826. The van der Waals surface area contributed by atoms with Gasteiger partial charge in [0.1, 0.15) is 0 Å². The Kier molecular flexibility index (Phi) is 4.46. The van der Waals surface area contributed by atoms with Crippen LogP contribution >= 0.6 is 0 Å². The Labute approximate surface area is 149 Å². The van der Waals surface area contributed by atoms with E-state index < -0.39 is 30.2 Å². The molecule has 1 aromatic heterocycles. The lowest BCUT2D eigenvalue weighted by atomic mass is 9.95. The van der Waals surface area contributed by atoms with Crippen LogP contribution in [0, 0.1) is 0 Å². The van der Waals surface area contributed by atoms with Crippen molar-refractivity contribution in [3.8, 4) is 0 Å². The van der Waals surface area contributed by atoms with Gasteiger partial charge in [0.15, 0.2) is 0 Å². The van der Waals surface area contributed by atoms with Gasteiger partial charge in [-0.3, -0.25) is 9.78 Å². The zero-order valence-electron chi connectivity index (χ0n) is 13.5. The molecule has 142 valence electrons. The minimum atomic E-state index is -6.10. The Morgan fingerprint density at radius 2 is 1.63 bits per heavy atom. The number of nitrogens with zero attached hydrogens (tertiary/aromatic N) is 3. The molecule has 1 amide bonds. The van der Waals surface area contributed by atoms with E-state index in [2.05, 4.69) is 10.1 Å². The van der Waals surface area contributed by atoms with Gasteiger partial charge in [-0.15, -0.1) is 0 Å². The van der Waals surface area contributed by atoms with Crippen molar-refractivity contribution >= 4 is 11.6 Å². The molecule has 0 radical (unpaired) electrons. The second-order valence-corrected chi connectivity index (χ2v) is 5.83. The topological polar surface area (TPSA) is 65.8 Å². The lowest BCUT2D eigenvalue weighted by molar-refractivity contribution is -0.362. The van der Waals surface area contributed by atoms with Crippen LogP contribution in [0.2, 0.25) is 0 Å². The summed E-state index contributed by atoms with van der Waals surface area (Å²) in [4.78, 5) is 16.2. The van der Waals surface area contributed by atoms with Crippen LogP contribution in [0.15, 0.2) is 60.0 Å². The Hall–Kier alpha value is -2.88. The highest BCUT2D eigenvalue weighted by Crippen LogP contribution is 2.49. The second kappa shape index (κ2) is 6.38. The molecule has 0 unspecified atom stereocenters. The molecular formula is C17H12F5N3O2. The highest BCUT2D eigenvalue weighted by atomic mass is 19.4. The summed E-state index contributed by atoms with van der Waals surface area (Å²) in [5, 5.41) is 13.8. The number of amides is 1. The number of carbonyl (C=O) groups is 1. The fourth-order valence-electron chi connectivity index (χ4n) is 2.64. The monoisotopic (exact) mass is 385 g/mol. The van der Waals surface area contributed by atoms with Crippen molar-refractivity contribution in [3.63, 3.8) is 0 Å². The Morgan fingerprint density at radius 1 is 1.04 bits per heavy atom. The number of hydrogen-bond donors (Lipinski definition) is 1. The first-order valence-electron chi connectivity index (χ1n) is 7.62. The fraction of sp³-hybridized carbons (Fsp3) is 0.235. The SMILES string of the molecule is O=C(c1ccncc1)N1N=C(c2ccccc2)C[C@]1(O)C(F)(F)C(F)(F)F. The zero-order valence-corrected chi connectivity index (χ0v) is 13.5. The van der Waals surface area contributed by atoms with E-state index in [1.54, 1.807) is 6.07 Å². The van der Waals surface area contributed by atoms with Gasteiger partial charge < -0.3 is 5.11 Å². The number of pyridine rings is 1. The molecule has 1 aromatic carbocycles. The maximum Gasteiger partial charge on any atom is 0.458 e. The van der Waals surface area contributed by atoms with Gasteiger partial charge in [0.05, 0.1) is 5.71 Å². The van der Waals surface area contributed by atoms with Crippen molar-refractivity contribution in [1.29, 1.82) is 0 Å². The maximum absolute atomic E-state index is 14.2. The van der Waals surface area contributed by atoms with E-state index in [1.165, 1.54) is 24.3 Å². The number of rotatable bonds is 3. The summed E-state index contributed by atoms with van der Waals surface area (Å²) in [7, 11) is 0. The van der Waals surface area contributed by atoms with Crippen LogP contribution in [-0.2, 0) is 0 Å². The molecule has 0 spiro atoms. The number of aromatic nitrogens is 1. The summed E-state index contributed by atoms with van der Waals surface area (Å²) in [6.07, 6.45) is -4.97. The van der Waals surface area contributed by atoms with Crippen LogP contribution in [0.5, 0.6) is 0 Å². The highest BCUT2D eigenvalue weighted by Gasteiger charge is 2.75. The molecule has 1 N–H and O–H groups in total. The van der Waals surface area contributed by atoms with Gasteiger partial charge in [0.25, 0.3) is 5.91 Å². The van der Waals surface area contributed by atoms with Gasteiger partial charge in [-0.05, 0) is 17.7 Å². The molecular weight excluding hydrogens is 373 g/mol. The standard InChI is InChI=1S/C17H12F5N3O2/c18-16(19,17(20,21)22)15(27)10-13(11-4-2-1-3-5-11)24-25(15)14(26)12-6-8-23-9-7-12/h1-9,27H,10H2/t15-/m0/s1. The van der Waals surface area contributed by atoms with Gasteiger partial charge in [-0.2, -0.15) is 32.1 Å². The minimum Gasteiger partial charge on any atom is -0.364 e. The Morgan fingerprint density at radius 3 is 2.19 bits per heavy atom. The molecule has 0 aliphatic carbocycles. The minimum absolute atomic E-state index is 0.196. The average Bonchev–Trinajstić information content (AvgIpc) is 3.01. The van der Waals surface area contributed by atoms with E-state index >= 15 is 0 Å². The van der Waals surface area contributed by atoms with Crippen LogP contribution in [0.3, 0.4) is 0 Å². The normalized spacial score (nSPS) is 20.5. The first-order chi connectivity index (χ1) is 12.6. The van der Waals surface area contributed by atoms with Gasteiger partial charge in [-0.1, -0.05) is 30.3 Å². The van der Waals surface area contributed by atoms with Crippen molar-refractivity contribution < 1.29 is 31.9 Å². The van der Waals surface area contributed by atoms with Gasteiger partial charge in [-0.25, -0.2) is 0 Å². The number of hydrogen-bond acceptors (Lipinski definition) is 4. The molecule has 1 aliphatic heterocycles. The molecule has 3 rings (SSSR count). The molecule has 0 saturated heterocycles. The number of carbonyl (C=O) groups excluding carboxylic acids is 1. The summed E-state index contributed by atoms with van der Waals surface area (Å²) in [5.41, 5.74) is -4.22. The molecule has 0 fully saturated rings. The number of alkyl halides is 5. The van der Waals surface area contributed by atoms with Crippen LogP contribution in [0.4, 0.5) is 22.0 Å². The lowest BCUT2D eigenvalue weighted by Gasteiger charge is -2.38. The van der Waals surface area contributed by atoms with E-state index in [1.807, 2.05) is 0 Å². The van der Waals surface area contributed by atoms with Crippen LogP contribution in [0.1, 0.15) is 22.3 Å². The highest BCUT2D eigenvalue weighted by molar-refractivity contribution is 6.05. The molecule has 2 heterocycles. The van der Waals surface area contributed by atoms with Crippen molar-refractivity contribution in [3.05, 3.63) is 66.0 Å². The van der Waals surface area contributed by atoms with Crippen molar-refractivity contribution in [2.75, 3.05) is 0 Å². The first kappa shape index (κ1) is 18.9. The van der Waals surface area contributed by atoms with E-state index in [0.717, 1.165) is 24.5 Å². The summed E-state index contributed by atoms with van der Waals surface area (Å²) >= 11 is 0. The van der Waals surface area contributed by atoms with Crippen molar-refractivity contribution in [2.24, 2.45) is 5.10 Å². The number of benzene rings is 1. The van der Waals surface area contributed by atoms with Crippen LogP contribution in [0.25, 0.3) is 0 Å². The van der Waals surface area contributed by atoms with Gasteiger partial charge >= 0.3 is 12.1 Å². The van der Waals surface area contributed by atoms with Crippen molar-refractivity contribution in [1.82, 2.24) is 9.99 Å². The number of hydrazone groups is 1. The molecule has 1 atom stereocenters. The van der Waals surface area contributed by atoms with E-state index in [-0.39, 0.29) is 21.8 Å². The third-order valence-corrected chi connectivity index (χ3v) is 4.07. The third-order valence-electron chi connectivity index (χ3n) is 4.07. The molecule has 27 heavy (non-hydrogen) atoms. The summed E-state index contributed by atoms with van der Waals surface area (Å²) in [5.74, 6) is -6.93. The fourth-order valence-corrected chi connectivity index (χ4v) is 2.64. The number of halogens is 5. The smallest absolute Gasteiger partial charge is 0.364 e. The zero-order chi connectivity index (χ0) is 19.9. The molecule has 0 saturated carbocycles. The maximum atomic E-state index is 14.2. The number of aliphatic hydroxyl groups is 1. The van der Waals surface area contributed by atoms with E-state index in [0.29, 0.717) is 0 Å². The Bertz CT molecular complexity index is 871. The molecule has 0 bridgehead atoms. The summed E-state index contributed by atoms with van der Waals surface area (Å²) in [6.45, 7) is 0. The second-order valence-electron chi connectivity index (χ2n) is 5.83. The molecule has 1 aliphatic rings. The van der Waals surface area contributed by atoms with E-state index in [9.17, 15) is 31.9 Å². The predicted molar refractivity (Wildman–Crippen MR) is 84.0 cm³/mol.